The molecule has 0 aliphatic carbocycles. The molecule has 0 aliphatic rings. The minimum Gasteiger partial charge on any atom is -0.478 e. The fourth-order valence-electron chi connectivity index (χ4n) is 1.15. The first-order valence-corrected chi connectivity index (χ1v) is 6.53. The number of carboxylic acid groups (broad SMARTS) is 1. The van der Waals surface area contributed by atoms with E-state index in [1.54, 1.807) is 0 Å². The van der Waals surface area contributed by atoms with Crippen LogP contribution >= 0.6 is 0 Å². The van der Waals surface area contributed by atoms with E-state index in [4.69, 9.17) is 5.11 Å². The van der Waals surface area contributed by atoms with Gasteiger partial charge in [-0.3, -0.25) is 4.72 Å². The van der Waals surface area contributed by atoms with Crippen molar-refractivity contribution in [1.29, 1.82) is 0 Å². The molecule has 1 aromatic carbocycles. The van der Waals surface area contributed by atoms with Crippen molar-refractivity contribution in [1.82, 2.24) is 0 Å². The monoisotopic (exact) mass is 277 g/mol. The molecule has 0 aliphatic heterocycles. The number of anilines is 1. The summed E-state index contributed by atoms with van der Waals surface area (Å²) in [5, 5.41) is 8.72. The Morgan fingerprint density at radius 1 is 1.50 bits per heavy atom. The summed E-state index contributed by atoms with van der Waals surface area (Å²) in [6.07, 6.45) is 0. The van der Waals surface area contributed by atoms with Crippen molar-refractivity contribution in [2.24, 2.45) is 0 Å². The number of sulfonamides is 1. The number of hydrogen-bond acceptors (Lipinski definition) is 4. The average Bonchev–Trinajstić information content (AvgIpc) is 2.29. The first-order valence-electron chi connectivity index (χ1n) is 4.88. The summed E-state index contributed by atoms with van der Waals surface area (Å²) in [7, 11) is -2.44. The summed E-state index contributed by atoms with van der Waals surface area (Å²) in [6.45, 7) is -0.0461. The Labute approximate surface area is 103 Å². The molecular formula is C10H12FNO5S. The number of halogens is 1. The van der Waals surface area contributed by atoms with Crippen molar-refractivity contribution in [3.05, 3.63) is 29.6 Å². The first kappa shape index (κ1) is 14.4. The molecule has 0 fully saturated rings. The summed E-state index contributed by atoms with van der Waals surface area (Å²) in [5.41, 5.74) is -0.605. The fraction of sp³-hybridized carbons (Fsp3) is 0.300. The van der Waals surface area contributed by atoms with E-state index in [0.29, 0.717) is 0 Å². The van der Waals surface area contributed by atoms with Crippen molar-refractivity contribution in [2.45, 2.75) is 0 Å². The topological polar surface area (TPSA) is 92.7 Å². The third kappa shape index (κ3) is 3.97. The fourth-order valence-corrected chi connectivity index (χ4v) is 2.13. The molecule has 8 heteroatoms. The van der Waals surface area contributed by atoms with Gasteiger partial charge in [0, 0.05) is 7.11 Å². The number of benzene rings is 1. The highest BCUT2D eigenvalue weighted by atomic mass is 32.2. The Balaban J connectivity index is 2.96. The van der Waals surface area contributed by atoms with Gasteiger partial charge in [0.15, 0.2) is 0 Å². The predicted molar refractivity (Wildman–Crippen MR) is 62.6 cm³/mol. The third-order valence-corrected chi connectivity index (χ3v) is 3.27. The quantitative estimate of drug-likeness (QED) is 0.806. The van der Waals surface area contributed by atoms with E-state index in [2.05, 4.69) is 4.74 Å². The van der Waals surface area contributed by atoms with E-state index in [1.807, 2.05) is 4.72 Å². The van der Waals surface area contributed by atoms with E-state index >= 15 is 0 Å². The van der Waals surface area contributed by atoms with Crippen LogP contribution in [-0.4, -0.2) is 39.0 Å². The van der Waals surface area contributed by atoms with Gasteiger partial charge in [-0.2, -0.15) is 0 Å². The lowest BCUT2D eigenvalue weighted by atomic mass is 10.2. The number of aromatic carboxylic acids is 1. The molecule has 1 rings (SSSR count). The van der Waals surface area contributed by atoms with Gasteiger partial charge in [-0.15, -0.1) is 0 Å². The SMILES string of the molecule is COCCS(=O)(=O)Nc1cc(C(=O)O)ccc1F. The Morgan fingerprint density at radius 3 is 2.72 bits per heavy atom. The molecule has 100 valence electrons. The zero-order chi connectivity index (χ0) is 13.8. The summed E-state index contributed by atoms with van der Waals surface area (Å²) < 4.78 is 42.9. The van der Waals surface area contributed by atoms with Crippen molar-refractivity contribution in [2.75, 3.05) is 24.2 Å². The normalized spacial score (nSPS) is 11.2. The smallest absolute Gasteiger partial charge is 0.335 e. The zero-order valence-electron chi connectivity index (χ0n) is 9.51. The maximum atomic E-state index is 13.3. The maximum absolute atomic E-state index is 13.3. The number of carboxylic acids is 1. The molecule has 0 atom stereocenters. The van der Waals surface area contributed by atoms with Gasteiger partial charge in [-0.05, 0) is 18.2 Å². The molecular weight excluding hydrogens is 265 g/mol. The lowest BCUT2D eigenvalue weighted by Crippen LogP contribution is -2.20. The highest BCUT2D eigenvalue weighted by molar-refractivity contribution is 7.92. The van der Waals surface area contributed by atoms with Gasteiger partial charge in [0.2, 0.25) is 10.0 Å². The van der Waals surface area contributed by atoms with Crippen LogP contribution < -0.4 is 4.72 Å². The van der Waals surface area contributed by atoms with Gasteiger partial charge in [0.1, 0.15) is 5.82 Å². The largest absolute Gasteiger partial charge is 0.478 e. The van der Waals surface area contributed by atoms with E-state index in [9.17, 15) is 17.6 Å². The molecule has 1 aromatic rings. The van der Waals surface area contributed by atoms with Crippen LogP contribution in [0.2, 0.25) is 0 Å². The third-order valence-electron chi connectivity index (χ3n) is 2.03. The van der Waals surface area contributed by atoms with Crippen molar-refractivity contribution in [3.63, 3.8) is 0 Å². The summed E-state index contributed by atoms with van der Waals surface area (Å²) in [5.74, 6) is -2.46. The van der Waals surface area contributed by atoms with Crippen LogP contribution in [0.25, 0.3) is 0 Å². The van der Waals surface area contributed by atoms with Crippen LogP contribution in [0.3, 0.4) is 0 Å². The maximum Gasteiger partial charge on any atom is 0.335 e. The molecule has 0 aromatic heterocycles. The second-order valence-electron chi connectivity index (χ2n) is 3.41. The number of carbonyl (C=O) groups is 1. The molecule has 0 spiro atoms. The Kier molecular flexibility index (Phi) is 4.62. The molecule has 6 nitrogen and oxygen atoms in total. The van der Waals surface area contributed by atoms with Crippen LogP contribution in [0.15, 0.2) is 18.2 Å². The molecule has 0 heterocycles. The van der Waals surface area contributed by atoms with Crippen LogP contribution in [0.4, 0.5) is 10.1 Å². The first-order chi connectivity index (χ1) is 8.35. The number of ether oxygens (including phenoxy) is 1. The average molecular weight is 277 g/mol. The molecule has 0 saturated heterocycles. The zero-order valence-corrected chi connectivity index (χ0v) is 10.3. The molecule has 0 amide bonds. The van der Waals surface area contributed by atoms with Gasteiger partial charge in [-0.25, -0.2) is 17.6 Å². The second-order valence-corrected chi connectivity index (χ2v) is 5.26. The van der Waals surface area contributed by atoms with Crippen LogP contribution in [-0.2, 0) is 14.8 Å². The Hall–Kier alpha value is -1.67. The molecule has 0 bridgehead atoms. The minimum atomic E-state index is -3.77. The van der Waals surface area contributed by atoms with Crippen LogP contribution in [0.5, 0.6) is 0 Å². The highest BCUT2D eigenvalue weighted by Crippen LogP contribution is 2.17. The Morgan fingerprint density at radius 2 is 2.17 bits per heavy atom. The van der Waals surface area contributed by atoms with E-state index < -0.39 is 27.5 Å². The molecule has 18 heavy (non-hydrogen) atoms. The van der Waals surface area contributed by atoms with Gasteiger partial charge >= 0.3 is 5.97 Å². The van der Waals surface area contributed by atoms with Gasteiger partial charge in [0.25, 0.3) is 0 Å². The molecule has 0 saturated carbocycles. The minimum absolute atomic E-state index is 0.0461. The Bertz CT molecular complexity index is 543. The van der Waals surface area contributed by atoms with E-state index in [0.717, 1.165) is 18.2 Å². The van der Waals surface area contributed by atoms with Crippen LogP contribution in [0.1, 0.15) is 10.4 Å². The standard InChI is InChI=1S/C10H12FNO5S/c1-17-4-5-18(15,16)12-9-6-7(10(13)14)2-3-8(9)11/h2-3,6,12H,4-5H2,1H3,(H,13,14). The van der Waals surface area contributed by atoms with Crippen molar-refractivity contribution >= 4 is 21.7 Å². The lowest BCUT2D eigenvalue weighted by Gasteiger charge is -2.09. The van der Waals surface area contributed by atoms with Gasteiger partial charge in [0.05, 0.1) is 23.6 Å². The number of rotatable bonds is 6. The highest BCUT2D eigenvalue weighted by Gasteiger charge is 2.15. The molecule has 0 radical (unpaired) electrons. The summed E-state index contributed by atoms with van der Waals surface area (Å²) in [4.78, 5) is 10.7. The second kappa shape index (κ2) is 5.78. The molecule has 0 unspecified atom stereocenters. The number of hydrogen-bond donors (Lipinski definition) is 2. The van der Waals surface area contributed by atoms with E-state index in [-0.39, 0.29) is 17.9 Å². The van der Waals surface area contributed by atoms with Gasteiger partial charge in [-0.1, -0.05) is 0 Å². The van der Waals surface area contributed by atoms with E-state index in [1.165, 1.54) is 7.11 Å². The summed E-state index contributed by atoms with van der Waals surface area (Å²) in [6, 6.07) is 2.85. The van der Waals surface area contributed by atoms with Crippen molar-refractivity contribution < 1.29 is 27.4 Å². The summed E-state index contributed by atoms with van der Waals surface area (Å²) >= 11 is 0. The van der Waals surface area contributed by atoms with Gasteiger partial charge < -0.3 is 9.84 Å². The predicted octanol–water partition coefficient (Wildman–Crippen LogP) is 0.912. The lowest BCUT2D eigenvalue weighted by molar-refractivity contribution is 0.0697. The molecule has 2 N–H and O–H groups in total. The van der Waals surface area contributed by atoms with Crippen LogP contribution in [0, 0.1) is 5.82 Å². The van der Waals surface area contributed by atoms with Crippen molar-refractivity contribution in [3.8, 4) is 0 Å². The number of methoxy groups -OCH3 is 1. The number of nitrogens with one attached hydrogen (secondary N) is 1.